The third-order valence-corrected chi connectivity index (χ3v) is 4.13. The molecule has 0 aliphatic heterocycles. The van der Waals surface area contributed by atoms with Gasteiger partial charge in [-0.15, -0.1) is 0 Å². The molecule has 76 valence electrons. The van der Waals surface area contributed by atoms with Crippen LogP contribution < -0.4 is 0 Å². The number of halogens is 3. The fourth-order valence-electron chi connectivity index (χ4n) is 0.978. The van der Waals surface area contributed by atoms with Crippen LogP contribution in [-0.4, -0.2) is 16.2 Å². The van der Waals surface area contributed by atoms with Gasteiger partial charge >= 0.3 is 5.97 Å². The van der Waals surface area contributed by atoms with Crippen LogP contribution in [0.15, 0.2) is 6.07 Å². The highest BCUT2D eigenvalue weighted by atomic mass is 127. The second-order valence-corrected chi connectivity index (χ2v) is 4.34. The number of aromatic carboxylic acids is 1. The summed E-state index contributed by atoms with van der Waals surface area (Å²) in [4.78, 5) is 10.8. The summed E-state index contributed by atoms with van der Waals surface area (Å²) in [6.07, 6.45) is 0. The number of carboxylic acids is 1. The van der Waals surface area contributed by atoms with Crippen LogP contribution in [0, 0.1) is 3.57 Å². The van der Waals surface area contributed by atoms with Crippen molar-refractivity contribution in [3.05, 3.63) is 30.8 Å². The first-order chi connectivity index (χ1) is 6.49. The zero-order valence-electron chi connectivity index (χ0n) is 6.72. The highest BCUT2D eigenvalue weighted by Crippen LogP contribution is 2.32. The molecule has 6 heteroatoms. The van der Waals surface area contributed by atoms with E-state index in [1.807, 2.05) is 22.6 Å². The lowest BCUT2D eigenvalue weighted by Gasteiger charge is -2.08. The molecule has 0 bridgehead atoms. The van der Waals surface area contributed by atoms with E-state index in [0.717, 1.165) is 0 Å². The van der Waals surface area contributed by atoms with Crippen LogP contribution >= 0.6 is 45.8 Å². The molecule has 0 fully saturated rings. The SMILES string of the molecule is O=C(O)c1cc(Cl)c(I)c(Cl)c1CO. The van der Waals surface area contributed by atoms with Gasteiger partial charge in [-0.05, 0) is 28.7 Å². The molecule has 2 N–H and O–H groups in total. The van der Waals surface area contributed by atoms with Gasteiger partial charge in [-0.3, -0.25) is 0 Å². The Balaban J connectivity index is 3.51. The molecule has 0 aliphatic rings. The molecule has 0 saturated carbocycles. The zero-order valence-corrected chi connectivity index (χ0v) is 10.4. The van der Waals surface area contributed by atoms with Gasteiger partial charge in [0.2, 0.25) is 0 Å². The molecule has 0 saturated heterocycles. The maximum absolute atomic E-state index is 10.8. The van der Waals surface area contributed by atoms with Gasteiger partial charge in [0.05, 0.1) is 25.8 Å². The van der Waals surface area contributed by atoms with Crippen molar-refractivity contribution in [3.8, 4) is 0 Å². The van der Waals surface area contributed by atoms with Crippen molar-refractivity contribution in [2.75, 3.05) is 0 Å². The van der Waals surface area contributed by atoms with E-state index in [1.54, 1.807) is 0 Å². The Morgan fingerprint density at radius 3 is 2.50 bits per heavy atom. The number of hydrogen-bond acceptors (Lipinski definition) is 2. The Labute approximate surface area is 104 Å². The molecule has 1 aromatic rings. The van der Waals surface area contributed by atoms with Gasteiger partial charge in [-0.25, -0.2) is 4.79 Å². The predicted octanol–water partition coefficient (Wildman–Crippen LogP) is 2.79. The molecule has 1 aromatic carbocycles. The fraction of sp³-hybridized carbons (Fsp3) is 0.125. The van der Waals surface area contributed by atoms with E-state index in [0.29, 0.717) is 3.57 Å². The normalized spacial score (nSPS) is 10.3. The van der Waals surface area contributed by atoms with Gasteiger partial charge in [0, 0.05) is 5.56 Å². The van der Waals surface area contributed by atoms with Crippen LogP contribution in [0.4, 0.5) is 0 Å². The van der Waals surface area contributed by atoms with Gasteiger partial charge in [-0.1, -0.05) is 23.2 Å². The maximum Gasteiger partial charge on any atom is 0.336 e. The van der Waals surface area contributed by atoms with Crippen LogP contribution in [0.5, 0.6) is 0 Å². The van der Waals surface area contributed by atoms with Crippen molar-refractivity contribution in [2.24, 2.45) is 0 Å². The first-order valence-electron chi connectivity index (χ1n) is 3.49. The summed E-state index contributed by atoms with van der Waals surface area (Å²) < 4.78 is 0.542. The number of hydrogen-bond donors (Lipinski definition) is 2. The molecule has 0 atom stereocenters. The van der Waals surface area contributed by atoms with E-state index in [-0.39, 0.29) is 21.2 Å². The monoisotopic (exact) mass is 346 g/mol. The lowest BCUT2D eigenvalue weighted by Crippen LogP contribution is -2.04. The van der Waals surface area contributed by atoms with Gasteiger partial charge in [-0.2, -0.15) is 0 Å². The van der Waals surface area contributed by atoms with E-state index >= 15 is 0 Å². The highest BCUT2D eigenvalue weighted by Gasteiger charge is 2.17. The smallest absolute Gasteiger partial charge is 0.336 e. The second kappa shape index (κ2) is 4.65. The minimum Gasteiger partial charge on any atom is -0.478 e. The van der Waals surface area contributed by atoms with Gasteiger partial charge in [0.1, 0.15) is 0 Å². The third-order valence-electron chi connectivity index (χ3n) is 1.65. The Morgan fingerprint density at radius 1 is 1.50 bits per heavy atom. The maximum atomic E-state index is 10.8. The predicted molar refractivity (Wildman–Crippen MR) is 62.1 cm³/mol. The van der Waals surface area contributed by atoms with Crippen molar-refractivity contribution in [1.29, 1.82) is 0 Å². The first-order valence-corrected chi connectivity index (χ1v) is 5.33. The van der Waals surface area contributed by atoms with Crippen molar-refractivity contribution in [1.82, 2.24) is 0 Å². The minimum atomic E-state index is -1.16. The van der Waals surface area contributed by atoms with Gasteiger partial charge in [0.15, 0.2) is 0 Å². The molecule has 1 rings (SSSR count). The van der Waals surface area contributed by atoms with Crippen LogP contribution in [0.2, 0.25) is 10.0 Å². The number of benzene rings is 1. The summed E-state index contributed by atoms with van der Waals surface area (Å²) in [6, 6.07) is 1.28. The molecule has 0 amide bonds. The van der Waals surface area contributed by atoms with Gasteiger partial charge < -0.3 is 10.2 Å². The molecular formula is C8H5Cl2IO3. The minimum absolute atomic E-state index is 0.0667. The lowest BCUT2D eigenvalue weighted by atomic mass is 10.1. The summed E-state index contributed by atoms with van der Waals surface area (Å²) in [5, 5.41) is 18.2. The van der Waals surface area contributed by atoms with Crippen LogP contribution in [0.1, 0.15) is 15.9 Å². The fourth-order valence-corrected chi connectivity index (χ4v) is 1.97. The van der Waals surface area contributed by atoms with Gasteiger partial charge in [0.25, 0.3) is 0 Å². The standard InChI is InChI=1S/C8H5Cl2IO3/c9-5-1-3(8(13)14)4(2-12)6(10)7(5)11/h1,12H,2H2,(H,13,14). The summed E-state index contributed by atoms with van der Waals surface area (Å²) in [7, 11) is 0. The van der Waals surface area contributed by atoms with Crippen LogP contribution in [0.3, 0.4) is 0 Å². The quantitative estimate of drug-likeness (QED) is 0.639. The second-order valence-electron chi connectivity index (χ2n) is 2.48. The number of rotatable bonds is 2. The lowest BCUT2D eigenvalue weighted by molar-refractivity contribution is 0.0693. The van der Waals surface area contributed by atoms with Crippen molar-refractivity contribution in [2.45, 2.75) is 6.61 Å². The average Bonchev–Trinajstić information content (AvgIpc) is 2.13. The molecule has 0 radical (unpaired) electrons. The van der Waals surface area contributed by atoms with E-state index in [4.69, 9.17) is 33.4 Å². The van der Waals surface area contributed by atoms with E-state index < -0.39 is 12.6 Å². The summed E-state index contributed by atoms with van der Waals surface area (Å²) in [5.74, 6) is -1.16. The topological polar surface area (TPSA) is 57.5 Å². The molecule has 0 unspecified atom stereocenters. The first kappa shape index (κ1) is 12.0. The Hall–Kier alpha value is -0.0400. The Kier molecular flexibility index (Phi) is 4.00. The summed E-state index contributed by atoms with van der Waals surface area (Å²) in [5.41, 5.74) is 0.121. The molecule has 0 aliphatic carbocycles. The third kappa shape index (κ3) is 2.13. The molecule has 14 heavy (non-hydrogen) atoms. The van der Waals surface area contributed by atoms with Crippen molar-refractivity contribution < 1.29 is 15.0 Å². The Morgan fingerprint density at radius 2 is 2.07 bits per heavy atom. The molecular weight excluding hydrogens is 342 g/mol. The van der Waals surface area contributed by atoms with Crippen molar-refractivity contribution in [3.63, 3.8) is 0 Å². The molecule has 0 spiro atoms. The highest BCUT2D eigenvalue weighted by molar-refractivity contribution is 14.1. The summed E-state index contributed by atoms with van der Waals surface area (Å²) >= 11 is 13.5. The molecule has 0 heterocycles. The summed E-state index contributed by atoms with van der Waals surface area (Å²) in [6.45, 7) is -0.423. The molecule has 3 nitrogen and oxygen atoms in total. The van der Waals surface area contributed by atoms with E-state index in [9.17, 15) is 4.79 Å². The average molecular weight is 347 g/mol. The van der Waals surface area contributed by atoms with E-state index in [1.165, 1.54) is 6.07 Å². The Bertz CT molecular complexity index is 393. The van der Waals surface area contributed by atoms with Crippen LogP contribution in [0.25, 0.3) is 0 Å². The zero-order chi connectivity index (χ0) is 10.9. The number of carbonyl (C=O) groups is 1. The van der Waals surface area contributed by atoms with E-state index in [2.05, 4.69) is 0 Å². The number of aliphatic hydroxyl groups excluding tert-OH is 1. The van der Waals surface area contributed by atoms with Crippen LogP contribution in [-0.2, 0) is 6.61 Å². The molecule has 0 aromatic heterocycles. The van der Waals surface area contributed by atoms with Crippen molar-refractivity contribution >= 4 is 51.8 Å². The number of carboxylic acid groups (broad SMARTS) is 1. The number of aliphatic hydroxyl groups is 1. The largest absolute Gasteiger partial charge is 0.478 e.